The van der Waals surface area contributed by atoms with Crippen molar-refractivity contribution in [3.8, 4) is 12.3 Å². The fourth-order valence-corrected chi connectivity index (χ4v) is 3.90. The van der Waals surface area contributed by atoms with Crippen molar-refractivity contribution >= 4 is 36.5 Å². The Hall–Kier alpha value is -3.19. The number of hydrogen-bond acceptors (Lipinski definition) is 7. The van der Waals surface area contributed by atoms with Gasteiger partial charge in [-0.15, -0.1) is 6.42 Å². The molecule has 2 N–H and O–H groups in total. The van der Waals surface area contributed by atoms with Gasteiger partial charge in [-0.25, -0.2) is 4.79 Å². The molecule has 1 aromatic rings. The molecule has 0 saturated carbocycles. The first-order valence-corrected chi connectivity index (χ1v) is 13.2. The van der Waals surface area contributed by atoms with E-state index < -0.39 is 47.6 Å². The standard InChI is InChI=1S/C28H41N3O6S/c1-9-20-12-14-21(15-13-20)24(25(33)29-16-23(32)36-8)31(19(4)11-10-18(2)3)26(34)22(17-38)30-27(35)37-28(5,6)7/h1,12-15,18-19,22,24,38H,10-11,16-17H2,2-8H3,(H,29,33)(H,30,35). The monoisotopic (exact) mass is 547 g/mol. The fourth-order valence-electron chi connectivity index (χ4n) is 3.66. The minimum absolute atomic E-state index is 0.0298. The molecule has 0 saturated heterocycles. The van der Waals surface area contributed by atoms with Gasteiger partial charge in [0.05, 0.1) is 7.11 Å². The number of carbonyl (C=O) groups is 4. The molecule has 0 fully saturated rings. The molecule has 3 unspecified atom stereocenters. The van der Waals surface area contributed by atoms with Gasteiger partial charge in [-0.3, -0.25) is 14.4 Å². The van der Waals surface area contributed by atoms with Crippen molar-refractivity contribution in [2.24, 2.45) is 5.92 Å². The fraction of sp³-hybridized carbons (Fsp3) is 0.571. The van der Waals surface area contributed by atoms with E-state index in [1.807, 2.05) is 6.92 Å². The van der Waals surface area contributed by atoms with Crippen LogP contribution in [0.15, 0.2) is 24.3 Å². The maximum atomic E-state index is 14.0. The number of nitrogens with one attached hydrogen (secondary N) is 2. The van der Waals surface area contributed by atoms with Crippen LogP contribution in [0.3, 0.4) is 0 Å². The van der Waals surface area contributed by atoms with Crippen LogP contribution in [-0.4, -0.2) is 65.9 Å². The largest absolute Gasteiger partial charge is 0.468 e. The molecular weight excluding hydrogens is 506 g/mol. The number of amides is 3. The highest BCUT2D eigenvalue weighted by atomic mass is 32.1. The lowest BCUT2D eigenvalue weighted by molar-refractivity contribution is -0.146. The minimum Gasteiger partial charge on any atom is -0.468 e. The van der Waals surface area contributed by atoms with E-state index >= 15 is 0 Å². The zero-order chi connectivity index (χ0) is 29.0. The smallest absolute Gasteiger partial charge is 0.408 e. The normalized spacial score (nSPS) is 13.5. The molecule has 38 heavy (non-hydrogen) atoms. The third kappa shape index (κ3) is 10.7. The number of ether oxygens (including phenoxy) is 2. The highest BCUT2D eigenvalue weighted by molar-refractivity contribution is 7.80. The average Bonchev–Trinajstić information content (AvgIpc) is 2.85. The van der Waals surface area contributed by atoms with E-state index in [1.165, 1.54) is 12.0 Å². The van der Waals surface area contributed by atoms with Crippen LogP contribution in [0.1, 0.15) is 71.6 Å². The number of hydrogen-bond donors (Lipinski definition) is 3. The first-order chi connectivity index (χ1) is 17.7. The SMILES string of the molecule is C#Cc1ccc(C(C(=O)NCC(=O)OC)N(C(=O)C(CS)NC(=O)OC(C)(C)C)C(C)CCC(C)C)cc1. The van der Waals surface area contributed by atoms with Gasteiger partial charge in [0.1, 0.15) is 24.2 Å². The first-order valence-electron chi connectivity index (χ1n) is 12.6. The predicted molar refractivity (Wildman–Crippen MR) is 150 cm³/mol. The van der Waals surface area contributed by atoms with E-state index in [0.717, 1.165) is 6.42 Å². The molecule has 0 bridgehead atoms. The highest BCUT2D eigenvalue weighted by Gasteiger charge is 2.38. The van der Waals surface area contributed by atoms with Crippen molar-refractivity contribution in [2.45, 2.75) is 78.1 Å². The van der Waals surface area contributed by atoms with Gasteiger partial charge in [0.15, 0.2) is 0 Å². The van der Waals surface area contributed by atoms with E-state index in [1.54, 1.807) is 45.0 Å². The Balaban J connectivity index is 3.54. The summed E-state index contributed by atoms with van der Waals surface area (Å²) in [6, 6.07) is 4.08. The molecule has 9 nitrogen and oxygen atoms in total. The van der Waals surface area contributed by atoms with Crippen molar-refractivity contribution in [2.75, 3.05) is 19.4 Å². The van der Waals surface area contributed by atoms with Gasteiger partial charge in [0.25, 0.3) is 0 Å². The van der Waals surface area contributed by atoms with Crippen LogP contribution in [0.4, 0.5) is 4.79 Å². The summed E-state index contributed by atoms with van der Waals surface area (Å²) in [6.45, 7) is 10.8. The maximum Gasteiger partial charge on any atom is 0.408 e. The number of nitrogens with zero attached hydrogens (tertiary/aromatic N) is 1. The average molecular weight is 548 g/mol. The quantitative estimate of drug-likeness (QED) is 0.210. The Morgan fingerprint density at radius 3 is 2.16 bits per heavy atom. The van der Waals surface area contributed by atoms with Crippen molar-refractivity contribution in [3.05, 3.63) is 35.4 Å². The van der Waals surface area contributed by atoms with Gasteiger partial charge in [-0.05, 0) is 64.2 Å². The number of carbonyl (C=O) groups excluding carboxylic acids is 4. The summed E-state index contributed by atoms with van der Waals surface area (Å²) in [5.74, 6) is 1.13. The van der Waals surface area contributed by atoms with E-state index in [0.29, 0.717) is 23.5 Å². The summed E-state index contributed by atoms with van der Waals surface area (Å²) in [7, 11) is 1.22. The van der Waals surface area contributed by atoms with Crippen molar-refractivity contribution < 1.29 is 28.7 Å². The number of terminal acetylenes is 1. The zero-order valence-corrected chi connectivity index (χ0v) is 24.3. The van der Waals surface area contributed by atoms with Crippen LogP contribution in [0, 0.1) is 18.3 Å². The second-order valence-corrected chi connectivity index (χ2v) is 10.8. The third-order valence-electron chi connectivity index (χ3n) is 5.62. The Bertz CT molecular complexity index is 997. The van der Waals surface area contributed by atoms with Crippen LogP contribution >= 0.6 is 12.6 Å². The van der Waals surface area contributed by atoms with Gasteiger partial charge in [0.2, 0.25) is 11.8 Å². The van der Waals surface area contributed by atoms with E-state index in [4.69, 9.17) is 11.2 Å². The van der Waals surface area contributed by atoms with E-state index in [-0.39, 0.29) is 12.3 Å². The summed E-state index contributed by atoms with van der Waals surface area (Å²) < 4.78 is 9.98. The lowest BCUT2D eigenvalue weighted by Crippen LogP contribution is -2.56. The maximum absolute atomic E-state index is 14.0. The van der Waals surface area contributed by atoms with Crippen molar-refractivity contribution in [1.29, 1.82) is 0 Å². The summed E-state index contributed by atoms with van der Waals surface area (Å²) in [5.41, 5.74) is 0.326. The summed E-state index contributed by atoms with van der Waals surface area (Å²) in [4.78, 5) is 53.2. The van der Waals surface area contributed by atoms with E-state index in [2.05, 4.69) is 47.8 Å². The number of thiol groups is 1. The lowest BCUT2D eigenvalue weighted by atomic mass is 9.96. The number of methoxy groups -OCH3 is 1. The second kappa shape index (κ2) is 15.3. The Morgan fingerprint density at radius 2 is 1.68 bits per heavy atom. The van der Waals surface area contributed by atoms with Crippen LogP contribution in [-0.2, 0) is 23.9 Å². The molecule has 1 aromatic carbocycles. The third-order valence-corrected chi connectivity index (χ3v) is 5.98. The Morgan fingerprint density at radius 1 is 1.08 bits per heavy atom. The van der Waals surface area contributed by atoms with Gasteiger partial charge in [-0.1, -0.05) is 31.9 Å². The summed E-state index contributed by atoms with van der Waals surface area (Å²) >= 11 is 4.30. The Labute approximate surface area is 231 Å². The van der Waals surface area contributed by atoms with Crippen molar-refractivity contribution in [1.82, 2.24) is 15.5 Å². The molecule has 0 spiro atoms. The van der Waals surface area contributed by atoms with Gasteiger partial charge < -0.3 is 25.0 Å². The molecule has 3 atom stereocenters. The number of esters is 1. The summed E-state index contributed by atoms with van der Waals surface area (Å²) in [5, 5.41) is 5.15. The van der Waals surface area contributed by atoms with Gasteiger partial charge in [-0.2, -0.15) is 12.6 Å². The molecule has 210 valence electrons. The molecule has 0 heterocycles. The van der Waals surface area contributed by atoms with E-state index in [9.17, 15) is 19.2 Å². The molecule has 0 aliphatic carbocycles. The van der Waals surface area contributed by atoms with Crippen LogP contribution in [0.2, 0.25) is 0 Å². The predicted octanol–water partition coefficient (Wildman–Crippen LogP) is 3.47. The molecule has 0 aromatic heterocycles. The number of alkyl carbamates (subject to hydrolysis) is 1. The summed E-state index contributed by atoms with van der Waals surface area (Å²) in [6.07, 6.45) is 6.11. The molecule has 0 radical (unpaired) electrons. The molecule has 0 aliphatic heterocycles. The van der Waals surface area contributed by atoms with Crippen LogP contribution in [0.5, 0.6) is 0 Å². The minimum atomic E-state index is -1.12. The molecule has 1 rings (SSSR count). The van der Waals surface area contributed by atoms with Gasteiger partial charge >= 0.3 is 12.1 Å². The van der Waals surface area contributed by atoms with Gasteiger partial charge in [0, 0.05) is 17.4 Å². The number of rotatable bonds is 12. The molecule has 10 heteroatoms. The Kier molecular flexibility index (Phi) is 13.2. The molecule has 0 aliphatic rings. The van der Waals surface area contributed by atoms with Crippen LogP contribution in [0.25, 0.3) is 0 Å². The molecular formula is C28H41N3O6S. The zero-order valence-electron chi connectivity index (χ0n) is 23.4. The molecule has 3 amide bonds. The number of benzene rings is 1. The second-order valence-electron chi connectivity index (χ2n) is 10.4. The first kappa shape index (κ1) is 32.8. The van der Waals surface area contributed by atoms with Crippen molar-refractivity contribution in [3.63, 3.8) is 0 Å². The highest BCUT2D eigenvalue weighted by Crippen LogP contribution is 2.28. The topological polar surface area (TPSA) is 114 Å². The lowest BCUT2D eigenvalue weighted by Gasteiger charge is -2.38. The van der Waals surface area contributed by atoms with Crippen LogP contribution < -0.4 is 10.6 Å².